The Labute approximate surface area is 182 Å². The number of anilines is 2. The van der Waals surface area contributed by atoms with E-state index < -0.39 is 10.0 Å². The molecule has 0 fully saturated rings. The van der Waals surface area contributed by atoms with Crippen LogP contribution >= 0.6 is 11.8 Å². The van der Waals surface area contributed by atoms with Crippen molar-refractivity contribution in [2.45, 2.75) is 35.8 Å². The molecule has 30 heavy (non-hydrogen) atoms. The first-order valence-corrected chi connectivity index (χ1v) is 11.8. The van der Waals surface area contributed by atoms with E-state index in [9.17, 15) is 13.2 Å². The minimum atomic E-state index is -3.63. The van der Waals surface area contributed by atoms with E-state index in [1.807, 2.05) is 32.9 Å². The number of hydrogen-bond acceptors (Lipinski definition) is 4. The Hall–Kier alpha value is -2.77. The molecule has 0 aliphatic carbocycles. The maximum atomic E-state index is 12.5. The third-order valence-corrected chi connectivity index (χ3v) is 6.84. The van der Waals surface area contributed by atoms with Gasteiger partial charge in [0.05, 0.1) is 10.1 Å². The molecule has 3 aromatic rings. The lowest BCUT2D eigenvalue weighted by molar-refractivity contribution is -0.115. The molecule has 5 nitrogen and oxygen atoms in total. The van der Waals surface area contributed by atoms with Crippen LogP contribution in [0.2, 0.25) is 0 Å². The first-order chi connectivity index (χ1) is 14.2. The van der Waals surface area contributed by atoms with Crippen molar-refractivity contribution in [2.75, 3.05) is 10.0 Å². The van der Waals surface area contributed by atoms with Crippen molar-refractivity contribution in [1.29, 1.82) is 0 Å². The second-order valence-corrected chi connectivity index (χ2v) is 10.2. The number of rotatable bonds is 7. The largest absolute Gasteiger partial charge is 0.325 e. The standard InChI is InChI=1S/C23H24N2O3S2/c1-16-13-17(2)15-20(14-16)24-23(26)18(3)29-21-11-9-19(10-12-21)25-30(27,28)22-7-5-4-6-8-22/h4-15,18,25H,1-3H3,(H,24,26). The average molecular weight is 441 g/mol. The quantitative estimate of drug-likeness (QED) is 0.494. The lowest BCUT2D eigenvalue weighted by Gasteiger charge is -2.14. The van der Waals surface area contributed by atoms with Crippen LogP contribution < -0.4 is 10.0 Å². The molecule has 0 bridgehead atoms. The molecule has 0 radical (unpaired) electrons. The normalized spacial score (nSPS) is 12.2. The minimum Gasteiger partial charge on any atom is -0.325 e. The number of amides is 1. The molecule has 1 amide bonds. The number of hydrogen-bond donors (Lipinski definition) is 2. The van der Waals surface area contributed by atoms with E-state index >= 15 is 0 Å². The van der Waals surface area contributed by atoms with Crippen LogP contribution in [0, 0.1) is 13.8 Å². The van der Waals surface area contributed by atoms with E-state index in [1.54, 1.807) is 54.6 Å². The lowest BCUT2D eigenvalue weighted by Crippen LogP contribution is -2.22. The highest BCUT2D eigenvalue weighted by molar-refractivity contribution is 8.00. The summed E-state index contributed by atoms with van der Waals surface area (Å²) < 4.78 is 27.4. The summed E-state index contributed by atoms with van der Waals surface area (Å²) >= 11 is 1.41. The Morgan fingerprint density at radius 1 is 0.867 bits per heavy atom. The lowest BCUT2D eigenvalue weighted by atomic mass is 10.1. The predicted octanol–water partition coefficient (Wildman–Crippen LogP) is 5.22. The monoisotopic (exact) mass is 440 g/mol. The van der Waals surface area contributed by atoms with Crippen molar-refractivity contribution in [1.82, 2.24) is 0 Å². The molecular formula is C23H24N2O3S2. The topological polar surface area (TPSA) is 75.3 Å². The van der Waals surface area contributed by atoms with Gasteiger partial charge in [-0.2, -0.15) is 0 Å². The highest BCUT2D eigenvalue weighted by Crippen LogP contribution is 2.27. The van der Waals surface area contributed by atoms with Gasteiger partial charge in [-0.3, -0.25) is 9.52 Å². The smallest absolute Gasteiger partial charge is 0.261 e. The van der Waals surface area contributed by atoms with Gasteiger partial charge in [0.1, 0.15) is 0 Å². The summed E-state index contributed by atoms with van der Waals surface area (Å²) in [6.07, 6.45) is 0. The van der Waals surface area contributed by atoms with Gasteiger partial charge in [0.15, 0.2) is 0 Å². The van der Waals surface area contributed by atoms with Crippen molar-refractivity contribution in [3.63, 3.8) is 0 Å². The van der Waals surface area contributed by atoms with Crippen molar-refractivity contribution in [3.8, 4) is 0 Å². The fraction of sp³-hybridized carbons (Fsp3) is 0.174. The van der Waals surface area contributed by atoms with Gasteiger partial charge in [-0.15, -0.1) is 11.8 Å². The highest BCUT2D eigenvalue weighted by Gasteiger charge is 2.16. The molecule has 0 aliphatic heterocycles. The van der Waals surface area contributed by atoms with Gasteiger partial charge in [-0.25, -0.2) is 8.42 Å². The van der Waals surface area contributed by atoms with Crippen LogP contribution in [0.25, 0.3) is 0 Å². The maximum absolute atomic E-state index is 12.5. The van der Waals surface area contributed by atoms with Crippen LogP contribution in [-0.4, -0.2) is 19.6 Å². The molecule has 0 heterocycles. The van der Waals surface area contributed by atoms with Crippen LogP contribution in [0.3, 0.4) is 0 Å². The van der Waals surface area contributed by atoms with E-state index in [1.165, 1.54) is 11.8 Å². The average Bonchev–Trinajstić information content (AvgIpc) is 2.69. The molecule has 156 valence electrons. The molecule has 0 aromatic heterocycles. The van der Waals surface area contributed by atoms with Crippen molar-refractivity contribution in [2.24, 2.45) is 0 Å². The molecule has 7 heteroatoms. The second kappa shape index (κ2) is 9.36. The van der Waals surface area contributed by atoms with Crippen LogP contribution in [0.15, 0.2) is 82.6 Å². The zero-order valence-electron chi connectivity index (χ0n) is 17.0. The summed E-state index contributed by atoms with van der Waals surface area (Å²) in [6.45, 7) is 5.83. The Morgan fingerprint density at radius 2 is 1.47 bits per heavy atom. The molecule has 2 N–H and O–H groups in total. The first-order valence-electron chi connectivity index (χ1n) is 9.47. The molecule has 3 aromatic carbocycles. The SMILES string of the molecule is Cc1cc(C)cc(NC(=O)C(C)Sc2ccc(NS(=O)(=O)c3ccccc3)cc2)c1. The van der Waals surface area contributed by atoms with Gasteiger partial charge < -0.3 is 5.32 Å². The van der Waals surface area contributed by atoms with Gasteiger partial charge in [0.2, 0.25) is 5.91 Å². The van der Waals surface area contributed by atoms with E-state index in [-0.39, 0.29) is 16.1 Å². The van der Waals surface area contributed by atoms with Crippen LogP contribution in [0.4, 0.5) is 11.4 Å². The fourth-order valence-corrected chi connectivity index (χ4v) is 4.91. The molecule has 0 aliphatic rings. The zero-order chi connectivity index (χ0) is 21.7. The third-order valence-electron chi connectivity index (χ3n) is 4.33. The summed E-state index contributed by atoms with van der Waals surface area (Å²) in [6, 6.07) is 21.1. The number of benzene rings is 3. The Kier molecular flexibility index (Phi) is 6.84. The third kappa shape index (κ3) is 5.87. The first kappa shape index (κ1) is 21.9. The van der Waals surface area contributed by atoms with Crippen LogP contribution in [-0.2, 0) is 14.8 Å². The number of nitrogens with one attached hydrogen (secondary N) is 2. The number of sulfonamides is 1. The van der Waals surface area contributed by atoms with E-state index in [4.69, 9.17) is 0 Å². The molecule has 0 spiro atoms. The Bertz CT molecular complexity index is 1110. The highest BCUT2D eigenvalue weighted by atomic mass is 32.2. The van der Waals surface area contributed by atoms with Gasteiger partial charge in [-0.05, 0) is 80.4 Å². The molecule has 3 rings (SSSR count). The van der Waals surface area contributed by atoms with E-state index in [0.29, 0.717) is 5.69 Å². The summed E-state index contributed by atoms with van der Waals surface area (Å²) in [4.78, 5) is 13.6. The molecule has 0 saturated heterocycles. The van der Waals surface area contributed by atoms with E-state index in [2.05, 4.69) is 16.1 Å². The summed E-state index contributed by atoms with van der Waals surface area (Å²) in [5, 5.41) is 2.65. The van der Waals surface area contributed by atoms with Gasteiger partial charge in [0, 0.05) is 16.3 Å². The second-order valence-electron chi connectivity index (χ2n) is 7.07. The van der Waals surface area contributed by atoms with Gasteiger partial charge >= 0.3 is 0 Å². The van der Waals surface area contributed by atoms with Crippen LogP contribution in [0.1, 0.15) is 18.1 Å². The van der Waals surface area contributed by atoms with Crippen LogP contribution in [0.5, 0.6) is 0 Å². The molecule has 0 saturated carbocycles. The van der Waals surface area contributed by atoms with Gasteiger partial charge in [-0.1, -0.05) is 24.3 Å². The van der Waals surface area contributed by atoms with Crippen molar-refractivity contribution < 1.29 is 13.2 Å². The van der Waals surface area contributed by atoms with Crippen molar-refractivity contribution in [3.05, 3.63) is 83.9 Å². The van der Waals surface area contributed by atoms with Gasteiger partial charge in [0.25, 0.3) is 10.0 Å². The summed E-state index contributed by atoms with van der Waals surface area (Å²) in [5.41, 5.74) is 3.45. The number of carbonyl (C=O) groups is 1. The summed E-state index contributed by atoms with van der Waals surface area (Å²) in [7, 11) is -3.63. The minimum absolute atomic E-state index is 0.0844. The summed E-state index contributed by atoms with van der Waals surface area (Å²) in [5.74, 6) is -0.0844. The van der Waals surface area contributed by atoms with Crippen molar-refractivity contribution >= 4 is 39.1 Å². The predicted molar refractivity (Wildman–Crippen MR) is 124 cm³/mol. The maximum Gasteiger partial charge on any atom is 0.261 e. The molecule has 1 atom stereocenters. The Morgan fingerprint density at radius 3 is 2.07 bits per heavy atom. The number of carbonyl (C=O) groups excluding carboxylic acids is 1. The molecule has 1 unspecified atom stereocenters. The Balaban J connectivity index is 1.61. The fourth-order valence-electron chi connectivity index (χ4n) is 2.96. The van der Waals surface area contributed by atoms with E-state index in [0.717, 1.165) is 21.7 Å². The molecular weight excluding hydrogens is 416 g/mol. The number of thioether (sulfide) groups is 1. The zero-order valence-corrected chi connectivity index (χ0v) is 18.7. The number of aryl methyl sites for hydroxylation is 2.